The number of ether oxygens (including phenoxy) is 3. The molecule has 1 aliphatic heterocycles. The maximum absolute atomic E-state index is 12.7. The molecule has 3 aromatic carbocycles. The molecule has 0 aromatic heterocycles. The molecular formula is C30H33F3N4O5. The van der Waals surface area contributed by atoms with Crippen molar-refractivity contribution in [1.82, 2.24) is 10.2 Å². The van der Waals surface area contributed by atoms with Gasteiger partial charge < -0.3 is 35.1 Å². The fourth-order valence-electron chi connectivity index (χ4n) is 4.48. The van der Waals surface area contributed by atoms with Crippen LogP contribution in [0.4, 0.5) is 29.3 Å². The lowest BCUT2D eigenvalue weighted by Crippen LogP contribution is -2.33. The monoisotopic (exact) mass is 586 g/mol. The number of carbonyl (C=O) groups excluding carboxylic acids is 2. The summed E-state index contributed by atoms with van der Waals surface area (Å²) in [7, 11) is 1.46. The Morgan fingerprint density at radius 1 is 0.833 bits per heavy atom. The van der Waals surface area contributed by atoms with Crippen LogP contribution in [-0.4, -0.2) is 56.5 Å². The van der Waals surface area contributed by atoms with Gasteiger partial charge in [-0.05, 0) is 99.6 Å². The number of rotatable bonds is 11. The van der Waals surface area contributed by atoms with E-state index in [2.05, 4.69) is 25.6 Å². The van der Waals surface area contributed by atoms with Gasteiger partial charge in [0.05, 0.1) is 12.7 Å². The Hall–Kier alpha value is -4.45. The molecule has 3 amide bonds. The van der Waals surface area contributed by atoms with Gasteiger partial charge in [-0.2, -0.15) is 0 Å². The predicted molar refractivity (Wildman–Crippen MR) is 153 cm³/mol. The molecule has 0 radical (unpaired) electrons. The largest absolute Gasteiger partial charge is 0.573 e. The highest BCUT2D eigenvalue weighted by Gasteiger charge is 2.31. The maximum atomic E-state index is 12.7. The van der Waals surface area contributed by atoms with Gasteiger partial charge >= 0.3 is 12.4 Å². The summed E-state index contributed by atoms with van der Waals surface area (Å²) < 4.78 is 51.8. The zero-order valence-electron chi connectivity index (χ0n) is 23.1. The quantitative estimate of drug-likeness (QED) is 0.218. The van der Waals surface area contributed by atoms with Crippen molar-refractivity contribution >= 4 is 23.3 Å². The molecule has 0 spiro atoms. The third kappa shape index (κ3) is 9.58. The highest BCUT2D eigenvalue weighted by atomic mass is 19.4. The number of anilines is 2. The van der Waals surface area contributed by atoms with Crippen molar-refractivity contribution in [3.8, 4) is 23.0 Å². The summed E-state index contributed by atoms with van der Waals surface area (Å²) in [5.41, 5.74) is 1.28. The van der Waals surface area contributed by atoms with Crippen molar-refractivity contribution in [2.75, 3.05) is 43.9 Å². The van der Waals surface area contributed by atoms with Crippen LogP contribution >= 0.6 is 0 Å². The number of hydrogen-bond donors (Lipinski definition) is 3. The van der Waals surface area contributed by atoms with Crippen LogP contribution in [0.25, 0.3) is 0 Å². The molecule has 3 aromatic rings. The van der Waals surface area contributed by atoms with Crippen molar-refractivity contribution in [3.05, 3.63) is 72.3 Å². The van der Waals surface area contributed by atoms with E-state index in [0.29, 0.717) is 40.7 Å². The molecule has 3 N–H and O–H groups in total. The molecule has 12 heteroatoms. The molecule has 0 aliphatic carbocycles. The van der Waals surface area contributed by atoms with E-state index in [1.807, 2.05) is 0 Å². The summed E-state index contributed by atoms with van der Waals surface area (Å²) in [5, 5.41) is 8.33. The lowest BCUT2D eigenvalue weighted by atomic mass is 10.1. The summed E-state index contributed by atoms with van der Waals surface area (Å²) in [5.74, 6) is 0.465. The summed E-state index contributed by atoms with van der Waals surface area (Å²) in [6.07, 6.45) is -0.143. The number of piperidine rings is 1. The lowest BCUT2D eigenvalue weighted by Gasteiger charge is -2.26. The highest BCUT2D eigenvalue weighted by Crippen LogP contribution is 2.28. The number of benzene rings is 3. The van der Waals surface area contributed by atoms with Crippen LogP contribution in [-0.2, 0) is 0 Å². The van der Waals surface area contributed by atoms with E-state index >= 15 is 0 Å². The SMILES string of the molecule is COc1cc(NC(=O)Nc2ccc(Oc3ccc(OC(F)(F)F)cc3)cc2)ccc1C(=O)NCCCN1CCCCC1. The molecule has 1 heterocycles. The van der Waals surface area contributed by atoms with Gasteiger partial charge in [-0.3, -0.25) is 4.79 Å². The van der Waals surface area contributed by atoms with Crippen molar-refractivity contribution in [1.29, 1.82) is 0 Å². The van der Waals surface area contributed by atoms with Gasteiger partial charge in [0.2, 0.25) is 0 Å². The topological polar surface area (TPSA) is 101 Å². The number of hydrogen-bond acceptors (Lipinski definition) is 6. The first-order chi connectivity index (χ1) is 20.2. The Bertz CT molecular complexity index is 1330. The lowest BCUT2D eigenvalue weighted by molar-refractivity contribution is -0.274. The average molecular weight is 587 g/mol. The Balaban J connectivity index is 1.24. The van der Waals surface area contributed by atoms with Gasteiger partial charge in [-0.15, -0.1) is 13.2 Å². The van der Waals surface area contributed by atoms with Crippen LogP contribution in [0.3, 0.4) is 0 Å². The molecular weight excluding hydrogens is 553 g/mol. The van der Waals surface area contributed by atoms with Crippen LogP contribution in [0.5, 0.6) is 23.0 Å². The minimum Gasteiger partial charge on any atom is -0.496 e. The number of carbonyl (C=O) groups is 2. The Labute approximate surface area is 241 Å². The summed E-state index contributed by atoms with van der Waals surface area (Å²) in [6.45, 7) is 3.76. The molecule has 0 saturated carbocycles. The van der Waals surface area contributed by atoms with E-state index < -0.39 is 12.4 Å². The van der Waals surface area contributed by atoms with Crippen molar-refractivity contribution < 1.29 is 37.0 Å². The third-order valence-corrected chi connectivity index (χ3v) is 6.49. The van der Waals surface area contributed by atoms with Gasteiger partial charge in [0, 0.05) is 24.0 Å². The smallest absolute Gasteiger partial charge is 0.496 e. The molecule has 42 heavy (non-hydrogen) atoms. The van der Waals surface area contributed by atoms with E-state index in [1.54, 1.807) is 42.5 Å². The number of alkyl halides is 3. The number of likely N-dealkylation sites (tertiary alicyclic amines) is 1. The van der Waals surface area contributed by atoms with Crippen LogP contribution in [0.1, 0.15) is 36.0 Å². The van der Waals surface area contributed by atoms with Crippen molar-refractivity contribution in [2.45, 2.75) is 32.0 Å². The second-order valence-electron chi connectivity index (χ2n) is 9.65. The van der Waals surface area contributed by atoms with E-state index in [9.17, 15) is 22.8 Å². The summed E-state index contributed by atoms with van der Waals surface area (Å²) in [6, 6.07) is 15.7. The molecule has 224 valence electrons. The summed E-state index contributed by atoms with van der Waals surface area (Å²) >= 11 is 0. The first-order valence-corrected chi connectivity index (χ1v) is 13.6. The molecule has 4 rings (SSSR count). The maximum Gasteiger partial charge on any atom is 0.573 e. The minimum absolute atomic E-state index is 0.241. The number of nitrogens with one attached hydrogen (secondary N) is 3. The van der Waals surface area contributed by atoms with E-state index in [1.165, 1.54) is 38.5 Å². The number of urea groups is 1. The van der Waals surface area contributed by atoms with Crippen LogP contribution in [0, 0.1) is 0 Å². The minimum atomic E-state index is -4.77. The molecule has 1 aliphatic rings. The van der Waals surface area contributed by atoms with Crippen LogP contribution < -0.4 is 30.2 Å². The second-order valence-corrected chi connectivity index (χ2v) is 9.65. The molecule has 0 unspecified atom stereocenters. The van der Waals surface area contributed by atoms with Crippen LogP contribution in [0.15, 0.2) is 66.7 Å². The fraction of sp³-hybridized carbons (Fsp3) is 0.333. The predicted octanol–water partition coefficient (Wildman–Crippen LogP) is 6.64. The third-order valence-electron chi connectivity index (χ3n) is 6.49. The van der Waals surface area contributed by atoms with Gasteiger partial charge in [0.25, 0.3) is 5.91 Å². The van der Waals surface area contributed by atoms with Gasteiger partial charge in [0.15, 0.2) is 0 Å². The molecule has 0 bridgehead atoms. The number of nitrogens with zero attached hydrogens (tertiary/aromatic N) is 1. The number of amides is 3. The zero-order chi connectivity index (χ0) is 30.0. The van der Waals surface area contributed by atoms with Gasteiger partial charge in [-0.25, -0.2) is 4.79 Å². The number of halogens is 3. The Morgan fingerprint density at radius 3 is 2.07 bits per heavy atom. The zero-order valence-corrected chi connectivity index (χ0v) is 23.1. The Kier molecular flexibility index (Phi) is 10.5. The first kappa shape index (κ1) is 30.5. The fourth-order valence-corrected chi connectivity index (χ4v) is 4.48. The second kappa shape index (κ2) is 14.4. The average Bonchev–Trinajstić information content (AvgIpc) is 2.97. The normalized spacial score (nSPS) is 13.6. The van der Waals surface area contributed by atoms with Gasteiger partial charge in [0.1, 0.15) is 23.0 Å². The van der Waals surface area contributed by atoms with Crippen molar-refractivity contribution in [2.24, 2.45) is 0 Å². The Morgan fingerprint density at radius 2 is 1.43 bits per heavy atom. The molecule has 9 nitrogen and oxygen atoms in total. The molecule has 1 saturated heterocycles. The number of methoxy groups -OCH3 is 1. The highest BCUT2D eigenvalue weighted by molar-refractivity contribution is 6.01. The first-order valence-electron chi connectivity index (χ1n) is 13.6. The summed E-state index contributed by atoms with van der Waals surface area (Å²) in [4.78, 5) is 27.7. The standard InChI is InChI=1S/C30H33F3N4O5/c1-40-27-20-22(8-15-26(27)28(38)34-16-5-19-37-17-3-2-4-18-37)36-29(39)35-21-6-9-23(10-7-21)41-24-11-13-25(14-12-24)42-30(31,32)33/h6-15,20H,2-5,16-19H2,1H3,(H,34,38)(H2,35,36,39). The molecule has 1 fully saturated rings. The van der Waals surface area contributed by atoms with E-state index in [0.717, 1.165) is 38.2 Å². The van der Waals surface area contributed by atoms with Crippen LogP contribution in [0.2, 0.25) is 0 Å². The van der Waals surface area contributed by atoms with Crippen molar-refractivity contribution in [3.63, 3.8) is 0 Å². The van der Waals surface area contributed by atoms with Gasteiger partial charge in [-0.1, -0.05) is 6.42 Å². The molecule has 0 atom stereocenters. The van der Waals surface area contributed by atoms with E-state index in [-0.39, 0.29) is 11.7 Å². The van der Waals surface area contributed by atoms with E-state index in [4.69, 9.17) is 9.47 Å².